The number of nitriles is 1. The summed E-state index contributed by atoms with van der Waals surface area (Å²) in [7, 11) is 0. The van der Waals surface area contributed by atoms with E-state index in [2.05, 4.69) is 4.98 Å². The summed E-state index contributed by atoms with van der Waals surface area (Å²) >= 11 is 0. The number of rotatable bonds is 2. The predicted octanol–water partition coefficient (Wildman–Crippen LogP) is 1.35. The van der Waals surface area contributed by atoms with E-state index >= 15 is 0 Å². The van der Waals surface area contributed by atoms with Gasteiger partial charge in [0, 0.05) is 18.3 Å². The van der Waals surface area contributed by atoms with Gasteiger partial charge in [-0.15, -0.1) is 0 Å². The Morgan fingerprint density at radius 3 is 2.77 bits per heavy atom. The number of alkyl halides is 2. The fraction of sp³-hybridized carbons (Fsp3) is 0.250. The van der Waals surface area contributed by atoms with Crippen LogP contribution < -0.4 is 5.73 Å². The van der Waals surface area contributed by atoms with Gasteiger partial charge in [-0.1, -0.05) is 0 Å². The van der Waals surface area contributed by atoms with Crippen molar-refractivity contribution in [1.82, 2.24) is 4.98 Å². The van der Waals surface area contributed by atoms with E-state index in [0.717, 1.165) is 6.07 Å². The lowest BCUT2D eigenvalue weighted by atomic mass is 10.1. The molecule has 0 bridgehead atoms. The lowest BCUT2D eigenvalue weighted by Gasteiger charge is -2.05. The Morgan fingerprint density at radius 2 is 2.31 bits per heavy atom. The Kier molecular flexibility index (Phi) is 2.88. The first kappa shape index (κ1) is 9.55. The first-order chi connectivity index (χ1) is 6.19. The molecule has 0 spiro atoms. The van der Waals surface area contributed by atoms with Crippen molar-refractivity contribution in [3.8, 4) is 6.07 Å². The molecule has 0 amide bonds. The van der Waals surface area contributed by atoms with Crippen LogP contribution >= 0.6 is 0 Å². The summed E-state index contributed by atoms with van der Waals surface area (Å²) in [6, 6.07) is 2.75. The van der Waals surface area contributed by atoms with Gasteiger partial charge in [-0.05, 0) is 11.6 Å². The zero-order valence-corrected chi connectivity index (χ0v) is 6.67. The van der Waals surface area contributed by atoms with Gasteiger partial charge in [-0.2, -0.15) is 5.26 Å². The molecule has 1 heterocycles. The number of nitrogens with zero attached hydrogens (tertiary/aromatic N) is 2. The maximum absolute atomic E-state index is 12.3. The molecule has 0 radical (unpaired) electrons. The van der Waals surface area contributed by atoms with Gasteiger partial charge >= 0.3 is 0 Å². The van der Waals surface area contributed by atoms with Crippen LogP contribution in [0, 0.1) is 11.3 Å². The normalized spacial score (nSPS) is 10.1. The van der Waals surface area contributed by atoms with Crippen LogP contribution in [0.4, 0.5) is 8.78 Å². The molecule has 0 saturated carbocycles. The third-order valence-electron chi connectivity index (χ3n) is 1.59. The maximum Gasteiger partial charge on any atom is 0.264 e. The van der Waals surface area contributed by atoms with Gasteiger partial charge in [0.2, 0.25) is 0 Å². The molecular formula is C8H7F2N3. The first-order valence-corrected chi connectivity index (χ1v) is 3.56. The van der Waals surface area contributed by atoms with E-state index in [1.165, 1.54) is 6.20 Å². The van der Waals surface area contributed by atoms with E-state index in [9.17, 15) is 8.78 Å². The standard InChI is InChI=1S/C8H7F2N3/c9-8(10)7-1-6(3-12)13-4-5(7)2-11/h1,4,8H,2,11H2. The van der Waals surface area contributed by atoms with Crippen molar-refractivity contribution in [1.29, 1.82) is 5.26 Å². The minimum absolute atomic E-state index is 0.00161. The lowest BCUT2D eigenvalue weighted by Crippen LogP contribution is -2.03. The molecule has 0 unspecified atom stereocenters. The molecule has 0 fully saturated rings. The average Bonchev–Trinajstić information content (AvgIpc) is 2.16. The number of halogens is 2. The van der Waals surface area contributed by atoms with Gasteiger partial charge in [0.25, 0.3) is 6.43 Å². The van der Waals surface area contributed by atoms with Crippen molar-refractivity contribution in [2.45, 2.75) is 13.0 Å². The highest BCUT2D eigenvalue weighted by Gasteiger charge is 2.13. The summed E-state index contributed by atoms with van der Waals surface area (Å²) in [6.45, 7) is -0.00161. The Labute approximate surface area is 73.8 Å². The van der Waals surface area contributed by atoms with Gasteiger partial charge in [0.05, 0.1) is 0 Å². The maximum atomic E-state index is 12.3. The van der Waals surface area contributed by atoms with Gasteiger partial charge in [0.1, 0.15) is 11.8 Å². The van der Waals surface area contributed by atoms with Gasteiger partial charge in [-0.25, -0.2) is 13.8 Å². The summed E-state index contributed by atoms with van der Waals surface area (Å²) in [5.74, 6) is 0. The summed E-state index contributed by atoms with van der Waals surface area (Å²) in [4.78, 5) is 3.64. The zero-order valence-electron chi connectivity index (χ0n) is 6.67. The molecule has 1 rings (SSSR count). The largest absolute Gasteiger partial charge is 0.326 e. The lowest BCUT2D eigenvalue weighted by molar-refractivity contribution is 0.150. The molecular weight excluding hydrogens is 176 g/mol. The van der Waals surface area contributed by atoms with Crippen LogP contribution in [0.15, 0.2) is 12.3 Å². The molecule has 2 N–H and O–H groups in total. The summed E-state index contributed by atoms with van der Waals surface area (Å²) in [5.41, 5.74) is 5.26. The highest BCUT2D eigenvalue weighted by molar-refractivity contribution is 5.32. The van der Waals surface area contributed by atoms with Crippen LogP contribution in [0.25, 0.3) is 0 Å². The van der Waals surface area contributed by atoms with Gasteiger partial charge < -0.3 is 5.73 Å². The Bertz CT molecular complexity index is 344. The van der Waals surface area contributed by atoms with Crippen molar-refractivity contribution < 1.29 is 8.78 Å². The fourth-order valence-corrected chi connectivity index (χ4v) is 0.934. The third-order valence-corrected chi connectivity index (χ3v) is 1.59. The van der Waals surface area contributed by atoms with Crippen molar-refractivity contribution in [2.75, 3.05) is 0 Å². The van der Waals surface area contributed by atoms with Crippen molar-refractivity contribution >= 4 is 0 Å². The molecule has 0 atom stereocenters. The SMILES string of the molecule is N#Cc1cc(C(F)F)c(CN)cn1. The number of nitrogens with two attached hydrogens (primary N) is 1. The average molecular weight is 183 g/mol. The van der Waals surface area contributed by atoms with Crippen LogP contribution in [0.2, 0.25) is 0 Å². The smallest absolute Gasteiger partial charge is 0.264 e. The van der Waals surface area contributed by atoms with Gasteiger partial charge in [-0.3, -0.25) is 0 Å². The second-order valence-corrected chi connectivity index (χ2v) is 2.38. The molecule has 0 aromatic carbocycles. The van der Waals surface area contributed by atoms with Crippen LogP contribution in [0.1, 0.15) is 23.2 Å². The van der Waals surface area contributed by atoms with Crippen molar-refractivity contribution in [2.24, 2.45) is 5.73 Å². The minimum atomic E-state index is -2.62. The van der Waals surface area contributed by atoms with E-state index in [1.807, 2.05) is 0 Å². The van der Waals surface area contributed by atoms with E-state index < -0.39 is 6.43 Å². The van der Waals surface area contributed by atoms with E-state index in [1.54, 1.807) is 6.07 Å². The monoisotopic (exact) mass is 183 g/mol. The molecule has 0 aliphatic rings. The molecule has 0 aliphatic heterocycles. The highest BCUT2D eigenvalue weighted by Crippen LogP contribution is 2.22. The number of aromatic nitrogens is 1. The molecule has 1 aromatic rings. The number of hydrogen-bond donors (Lipinski definition) is 1. The fourth-order valence-electron chi connectivity index (χ4n) is 0.934. The molecule has 13 heavy (non-hydrogen) atoms. The molecule has 0 aliphatic carbocycles. The van der Waals surface area contributed by atoms with Gasteiger partial charge in [0.15, 0.2) is 0 Å². The quantitative estimate of drug-likeness (QED) is 0.752. The minimum Gasteiger partial charge on any atom is -0.326 e. The van der Waals surface area contributed by atoms with Crippen LogP contribution in [-0.4, -0.2) is 4.98 Å². The molecule has 0 saturated heterocycles. The second-order valence-electron chi connectivity index (χ2n) is 2.38. The summed E-state index contributed by atoms with van der Waals surface area (Å²) < 4.78 is 24.7. The first-order valence-electron chi connectivity index (χ1n) is 3.56. The van der Waals surface area contributed by atoms with Crippen molar-refractivity contribution in [3.05, 3.63) is 29.1 Å². The molecule has 1 aromatic heterocycles. The van der Waals surface area contributed by atoms with E-state index in [-0.39, 0.29) is 23.4 Å². The summed E-state index contributed by atoms with van der Waals surface area (Å²) in [5, 5.41) is 8.42. The zero-order chi connectivity index (χ0) is 9.84. The van der Waals surface area contributed by atoms with Crippen LogP contribution in [0.5, 0.6) is 0 Å². The summed E-state index contributed by atoms with van der Waals surface area (Å²) in [6.07, 6.45) is -1.41. The Morgan fingerprint density at radius 1 is 1.62 bits per heavy atom. The number of hydrogen-bond acceptors (Lipinski definition) is 3. The molecule has 3 nitrogen and oxygen atoms in total. The third kappa shape index (κ3) is 1.98. The topological polar surface area (TPSA) is 62.7 Å². The Hall–Kier alpha value is -1.54. The van der Waals surface area contributed by atoms with Crippen LogP contribution in [0.3, 0.4) is 0 Å². The molecule has 5 heteroatoms. The van der Waals surface area contributed by atoms with E-state index in [4.69, 9.17) is 11.0 Å². The molecule has 68 valence electrons. The number of pyridine rings is 1. The van der Waals surface area contributed by atoms with Crippen LogP contribution in [-0.2, 0) is 6.54 Å². The van der Waals surface area contributed by atoms with E-state index in [0.29, 0.717) is 0 Å². The Balaban J connectivity index is 3.20. The highest BCUT2D eigenvalue weighted by atomic mass is 19.3. The second kappa shape index (κ2) is 3.92. The van der Waals surface area contributed by atoms with Crippen molar-refractivity contribution in [3.63, 3.8) is 0 Å². The predicted molar refractivity (Wildman–Crippen MR) is 41.8 cm³/mol.